The van der Waals surface area contributed by atoms with Gasteiger partial charge in [-0.1, -0.05) is 19.9 Å². The van der Waals surface area contributed by atoms with E-state index in [9.17, 15) is 8.42 Å². The largest absolute Gasteiger partial charge is 0.313 e. The first-order valence-electron chi connectivity index (χ1n) is 6.95. The third-order valence-corrected chi connectivity index (χ3v) is 5.92. The molecule has 2 N–H and O–H groups in total. The van der Waals surface area contributed by atoms with Crippen LogP contribution in [0.15, 0.2) is 27.6 Å². The van der Waals surface area contributed by atoms with Gasteiger partial charge in [0.05, 0.1) is 4.90 Å². The molecule has 0 aliphatic heterocycles. The first-order valence-corrected chi connectivity index (χ1v) is 9.23. The van der Waals surface area contributed by atoms with E-state index in [1.54, 1.807) is 6.07 Å². The van der Waals surface area contributed by atoms with Gasteiger partial charge in [-0.05, 0) is 58.9 Å². The molecule has 1 aromatic rings. The molecule has 1 aliphatic carbocycles. The topological polar surface area (TPSA) is 58.2 Å². The summed E-state index contributed by atoms with van der Waals surface area (Å²) in [5, 5.41) is 3.30. The van der Waals surface area contributed by atoms with E-state index in [1.165, 1.54) is 0 Å². The second kappa shape index (κ2) is 6.56. The molecular formula is C14H21BrN2O2S. The molecule has 0 heterocycles. The lowest BCUT2D eigenvalue weighted by Gasteiger charge is -2.10. The van der Waals surface area contributed by atoms with Crippen molar-refractivity contribution in [3.05, 3.63) is 28.2 Å². The smallest absolute Gasteiger partial charge is 0.241 e. The second-order valence-electron chi connectivity index (χ2n) is 5.38. The highest BCUT2D eigenvalue weighted by atomic mass is 79.9. The van der Waals surface area contributed by atoms with Gasteiger partial charge in [-0.2, -0.15) is 0 Å². The van der Waals surface area contributed by atoms with Crippen molar-refractivity contribution in [3.63, 3.8) is 0 Å². The number of hydrogen-bond acceptors (Lipinski definition) is 3. The van der Waals surface area contributed by atoms with Crippen LogP contribution in [0.5, 0.6) is 0 Å². The molecule has 1 aliphatic rings. The van der Waals surface area contributed by atoms with E-state index < -0.39 is 10.0 Å². The third kappa shape index (κ3) is 4.04. The van der Waals surface area contributed by atoms with Gasteiger partial charge in [-0.25, -0.2) is 13.1 Å². The Morgan fingerprint density at radius 2 is 2.10 bits per heavy atom. The quantitative estimate of drug-likeness (QED) is 0.734. The summed E-state index contributed by atoms with van der Waals surface area (Å²) in [5.74, 6) is 0.445. The summed E-state index contributed by atoms with van der Waals surface area (Å²) in [6.45, 7) is 5.87. The fraction of sp³-hybridized carbons (Fsp3) is 0.571. The summed E-state index contributed by atoms with van der Waals surface area (Å²) < 4.78 is 27.9. The van der Waals surface area contributed by atoms with Crippen molar-refractivity contribution in [1.29, 1.82) is 0 Å². The van der Waals surface area contributed by atoms with Crippen LogP contribution < -0.4 is 10.0 Å². The molecule has 2 rings (SSSR count). The fourth-order valence-corrected chi connectivity index (χ4v) is 4.51. The summed E-state index contributed by atoms with van der Waals surface area (Å²) in [4.78, 5) is 0.316. The molecule has 112 valence electrons. The van der Waals surface area contributed by atoms with Crippen LogP contribution >= 0.6 is 15.9 Å². The molecule has 0 bridgehead atoms. The zero-order chi connectivity index (χ0) is 14.8. The normalized spacial score (nSPS) is 21.9. The lowest BCUT2D eigenvalue weighted by Crippen LogP contribution is -2.27. The van der Waals surface area contributed by atoms with Gasteiger partial charge >= 0.3 is 0 Å². The van der Waals surface area contributed by atoms with Crippen molar-refractivity contribution in [2.24, 2.45) is 5.92 Å². The van der Waals surface area contributed by atoms with Crippen molar-refractivity contribution in [3.8, 4) is 0 Å². The summed E-state index contributed by atoms with van der Waals surface area (Å²) in [5.41, 5.74) is 1.07. The molecule has 2 atom stereocenters. The van der Waals surface area contributed by atoms with E-state index in [0.29, 0.717) is 15.3 Å². The first-order chi connectivity index (χ1) is 9.44. The Bertz CT molecular complexity index is 575. The highest BCUT2D eigenvalue weighted by molar-refractivity contribution is 9.10. The average Bonchev–Trinajstić information content (AvgIpc) is 3.04. The van der Waals surface area contributed by atoms with E-state index in [2.05, 4.69) is 32.9 Å². The summed E-state index contributed by atoms with van der Waals surface area (Å²) in [7, 11) is -3.42. The molecule has 0 radical (unpaired) electrons. The molecule has 1 saturated carbocycles. The van der Waals surface area contributed by atoms with Crippen LogP contribution in [0.2, 0.25) is 0 Å². The average molecular weight is 361 g/mol. The monoisotopic (exact) mass is 360 g/mol. The van der Waals surface area contributed by atoms with Gasteiger partial charge in [-0.15, -0.1) is 0 Å². The van der Waals surface area contributed by atoms with Crippen LogP contribution in [0.3, 0.4) is 0 Å². The molecule has 2 unspecified atom stereocenters. The second-order valence-corrected chi connectivity index (χ2v) is 7.92. The van der Waals surface area contributed by atoms with E-state index >= 15 is 0 Å². The third-order valence-electron chi connectivity index (χ3n) is 3.46. The molecule has 0 saturated heterocycles. The van der Waals surface area contributed by atoms with Crippen molar-refractivity contribution in [1.82, 2.24) is 10.0 Å². The van der Waals surface area contributed by atoms with Crippen LogP contribution in [0.25, 0.3) is 0 Å². The van der Waals surface area contributed by atoms with Gasteiger partial charge in [0, 0.05) is 17.1 Å². The zero-order valence-electron chi connectivity index (χ0n) is 11.8. The minimum absolute atomic E-state index is 0.0952. The molecule has 0 amide bonds. The van der Waals surface area contributed by atoms with Gasteiger partial charge in [0.1, 0.15) is 0 Å². The Kier molecular flexibility index (Phi) is 5.23. The van der Waals surface area contributed by atoms with Crippen LogP contribution in [0, 0.1) is 5.92 Å². The minimum atomic E-state index is -3.42. The van der Waals surface area contributed by atoms with Crippen molar-refractivity contribution >= 4 is 26.0 Å². The summed E-state index contributed by atoms with van der Waals surface area (Å²) in [6, 6.07) is 5.49. The maximum Gasteiger partial charge on any atom is 0.241 e. The van der Waals surface area contributed by atoms with E-state index in [1.807, 2.05) is 19.1 Å². The van der Waals surface area contributed by atoms with Gasteiger partial charge in [0.15, 0.2) is 0 Å². The molecule has 6 heteroatoms. The number of sulfonamides is 1. The predicted octanol–water partition coefficient (Wildman–Crippen LogP) is 2.64. The number of hydrogen-bond donors (Lipinski definition) is 2. The summed E-state index contributed by atoms with van der Waals surface area (Å²) >= 11 is 3.37. The van der Waals surface area contributed by atoms with Crippen LogP contribution in [0.4, 0.5) is 0 Å². The van der Waals surface area contributed by atoms with Crippen molar-refractivity contribution in [2.75, 3.05) is 6.54 Å². The Labute approximate surface area is 129 Å². The maximum atomic E-state index is 12.3. The molecule has 1 fully saturated rings. The number of halogens is 1. The molecule has 20 heavy (non-hydrogen) atoms. The Morgan fingerprint density at radius 1 is 1.40 bits per heavy atom. The van der Waals surface area contributed by atoms with Crippen LogP contribution in [0.1, 0.15) is 32.3 Å². The zero-order valence-corrected chi connectivity index (χ0v) is 14.2. The van der Waals surface area contributed by atoms with Crippen LogP contribution in [-0.4, -0.2) is 21.0 Å². The van der Waals surface area contributed by atoms with Crippen LogP contribution in [-0.2, 0) is 16.6 Å². The minimum Gasteiger partial charge on any atom is -0.313 e. The Hall–Kier alpha value is -0.430. The molecule has 1 aromatic carbocycles. The lowest BCUT2D eigenvalue weighted by molar-refractivity contribution is 0.577. The van der Waals surface area contributed by atoms with E-state index in [0.717, 1.165) is 31.5 Å². The van der Waals surface area contributed by atoms with Gasteiger partial charge in [0.2, 0.25) is 10.0 Å². The van der Waals surface area contributed by atoms with Crippen molar-refractivity contribution in [2.45, 2.75) is 44.2 Å². The predicted molar refractivity (Wildman–Crippen MR) is 84.0 cm³/mol. The maximum absolute atomic E-state index is 12.3. The number of rotatable bonds is 7. The van der Waals surface area contributed by atoms with Gasteiger partial charge < -0.3 is 5.32 Å². The van der Waals surface area contributed by atoms with Gasteiger partial charge in [-0.3, -0.25) is 0 Å². The summed E-state index contributed by atoms with van der Waals surface area (Å²) in [6.07, 6.45) is 2.01. The lowest BCUT2D eigenvalue weighted by atomic mass is 10.2. The molecule has 0 aromatic heterocycles. The molecular weight excluding hydrogens is 340 g/mol. The highest BCUT2D eigenvalue weighted by Crippen LogP contribution is 2.32. The molecule has 0 spiro atoms. The number of nitrogens with one attached hydrogen (secondary N) is 2. The Morgan fingerprint density at radius 3 is 2.65 bits per heavy atom. The van der Waals surface area contributed by atoms with Crippen molar-refractivity contribution < 1.29 is 8.42 Å². The fourth-order valence-electron chi connectivity index (χ4n) is 2.03. The van der Waals surface area contributed by atoms with E-state index in [4.69, 9.17) is 0 Å². The SMILES string of the molecule is CCCNCc1ccc(S(=O)(=O)NC2CC2C)c(Br)c1. The standard InChI is InChI=1S/C14H21BrN2O2S/c1-3-6-16-9-11-4-5-14(12(15)8-11)20(18,19)17-13-7-10(13)2/h4-5,8,10,13,16-17H,3,6-7,9H2,1-2H3. The van der Waals surface area contributed by atoms with E-state index in [-0.39, 0.29) is 6.04 Å². The van der Waals surface area contributed by atoms with Gasteiger partial charge in [0.25, 0.3) is 0 Å². The molecule has 4 nitrogen and oxygen atoms in total. The Balaban J connectivity index is 2.08. The highest BCUT2D eigenvalue weighted by Gasteiger charge is 2.36. The number of benzene rings is 1. The first kappa shape index (κ1) is 15.9.